The summed E-state index contributed by atoms with van der Waals surface area (Å²) in [7, 11) is 0. The van der Waals surface area contributed by atoms with Crippen molar-refractivity contribution in [1.82, 2.24) is 24.8 Å². The molecular weight excluding hydrogens is 298 g/mol. The standard InChI is InChI=1S/C15H21N5OS/c1-10-6-19(7-13-11(2)17-12(3)18-13)4-5-20(10)15(21)14-8-22-9-16-14/h8-10H,4-7H2,1-3H3,(H,17,18)/t10-/m0/s1. The van der Waals surface area contributed by atoms with Crippen molar-refractivity contribution < 1.29 is 4.79 Å². The van der Waals surface area contributed by atoms with Crippen LogP contribution in [-0.4, -0.2) is 56.3 Å². The predicted octanol–water partition coefficient (Wildman–Crippen LogP) is 1.83. The van der Waals surface area contributed by atoms with Gasteiger partial charge >= 0.3 is 0 Å². The highest BCUT2D eigenvalue weighted by atomic mass is 32.1. The smallest absolute Gasteiger partial charge is 0.273 e. The van der Waals surface area contributed by atoms with Crippen molar-refractivity contribution in [2.75, 3.05) is 19.6 Å². The van der Waals surface area contributed by atoms with E-state index in [1.165, 1.54) is 11.3 Å². The van der Waals surface area contributed by atoms with E-state index >= 15 is 0 Å². The Labute approximate surface area is 134 Å². The molecule has 1 aliphatic heterocycles. The maximum atomic E-state index is 12.4. The van der Waals surface area contributed by atoms with Crippen LogP contribution in [0.25, 0.3) is 0 Å². The number of hydrogen-bond acceptors (Lipinski definition) is 5. The van der Waals surface area contributed by atoms with Gasteiger partial charge in [0.05, 0.1) is 11.2 Å². The SMILES string of the molecule is Cc1nc(CN2CCN(C(=O)c3cscn3)[C@@H](C)C2)c(C)[nH]1. The summed E-state index contributed by atoms with van der Waals surface area (Å²) < 4.78 is 0. The third-order valence-electron chi connectivity index (χ3n) is 4.10. The van der Waals surface area contributed by atoms with E-state index in [0.717, 1.165) is 43.4 Å². The summed E-state index contributed by atoms with van der Waals surface area (Å²) in [5, 5.41) is 1.82. The van der Waals surface area contributed by atoms with E-state index in [4.69, 9.17) is 0 Å². The van der Waals surface area contributed by atoms with Gasteiger partial charge in [0.2, 0.25) is 0 Å². The van der Waals surface area contributed by atoms with Gasteiger partial charge in [-0.2, -0.15) is 0 Å². The molecule has 1 aliphatic rings. The molecule has 0 saturated carbocycles. The maximum absolute atomic E-state index is 12.4. The molecule has 7 heteroatoms. The fourth-order valence-corrected chi connectivity index (χ4v) is 3.49. The number of aryl methyl sites for hydroxylation is 2. The van der Waals surface area contributed by atoms with E-state index in [-0.39, 0.29) is 11.9 Å². The van der Waals surface area contributed by atoms with E-state index in [2.05, 4.69) is 33.7 Å². The van der Waals surface area contributed by atoms with Crippen molar-refractivity contribution in [3.63, 3.8) is 0 Å². The monoisotopic (exact) mass is 319 g/mol. The number of imidazole rings is 1. The largest absolute Gasteiger partial charge is 0.346 e. The molecule has 0 unspecified atom stereocenters. The van der Waals surface area contributed by atoms with Gasteiger partial charge in [-0.1, -0.05) is 0 Å². The number of nitrogens with zero attached hydrogens (tertiary/aromatic N) is 4. The molecule has 3 rings (SSSR count). The molecule has 1 atom stereocenters. The van der Waals surface area contributed by atoms with Gasteiger partial charge in [-0.15, -0.1) is 11.3 Å². The molecule has 0 aliphatic carbocycles. The molecule has 1 amide bonds. The second kappa shape index (κ2) is 6.18. The molecular formula is C15H21N5OS. The van der Waals surface area contributed by atoms with Crippen molar-refractivity contribution in [2.24, 2.45) is 0 Å². The number of rotatable bonds is 3. The van der Waals surface area contributed by atoms with Crippen LogP contribution in [0.15, 0.2) is 10.9 Å². The Morgan fingerprint density at radius 2 is 2.27 bits per heavy atom. The van der Waals surface area contributed by atoms with Gasteiger partial charge in [-0.05, 0) is 20.8 Å². The molecule has 118 valence electrons. The maximum Gasteiger partial charge on any atom is 0.273 e. The van der Waals surface area contributed by atoms with Crippen LogP contribution in [0.4, 0.5) is 0 Å². The van der Waals surface area contributed by atoms with Gasteiger partial charge in [0.25, 0.3) is 5.91 Å². The number of H-pyrrole nitrogens is 1. The lowest BCUT2D eigenvalue weighted by molar-refractivity contribution is 0.0468. The zero-order valence-corrected chi connectivity index (χ0v) is 14.0. The molecule has 22 heavy (non-hydrogen) atoms. The Bertz CT molecular complexity index is 651. The van der Waals surface area contributed by atoms with Crippen LogP contribution in [-0.2, 0) is 6.54 Å². The van der Waals surface area contributed by atoms with Crippen LogP contribution in [0.5, 0.6) is 0 Å². The summed E-state index contributed by atoms with van der Waals surface area (Å²) in [4.78, 5) is 28.6. The number of piperazine rings is 1. The quantitative estimate of drug-likeness (QED) is 0.937. The molecule has 0 spiro atoms. The highest BCUT2D eigenvalue weighted by molar-refractivity contribution is 7.07. The van der Waals surface area contributed by atoms with Crippen LogP contribution in [0, 0.1) is 13.8 Å². The Morgan fingerprint density at radius 1 is 1.45 bits per heavy atom. The molecule has 1 N–H and O–H groups in total. The van der Waals surface area contributed by atoms with Crippen LogP contribution in [0.3, 0.4) is 0 Å². The summed E-state index contributed by atoms with van der Waals surface area (Å²) >= 11 is 1.46. The van der Waals surface area contributed by atoms with Gasteiger partial charge in [0.15, 0.2) is 0 Å². The normalized spacial score (nSPS) is 19.6. The molecule has 2 aromatic heterocycles. The van der Waals surface area contributed by atoms with Crippen molar-refractivity contribution in [3.8, 4) is 0 Å². The van der Waals surface area contributed by atoms with E-state index in [1.54, 1.807) is 5.51 Å². The van der Waals surface area contributed by atoms with Gasteiger partial charge in [-0.25, -0.2) is 9.97 Å². The number of hydrogen-bond donors (Lipinski definition) is 1. The Hall–Kier alpha value is -1.73. The summed E-state index contributed by atoms with van der Waals surface area (Å²) in [6, 6.07) is 0.184. The van der Waals surface area contributed by atoms with Crippen LogP contribution in [0.1, 0.15) is 34.6 Å². The summed E-state index contributed by atoms with van der Waals surface area (Å²) in [6.45, 7) is 9.43. The van der Waals surface area contributed by atoms with Crippen molar-refractivity contribution in [1.29, 1.82) is 0 Å². The van der Waals surface area contributed by atoms with Crippen molar-refractivity contribution in [2.45, 2.75) is 33.4 Å². The number of aromatic nitrogens is 3. The average molecular weight is 319 g/mol. The Kier molecular flexibility index (Phi) is 4.26. The molecule has 0 radical (unpaired) electrons. The topological polar surface area (TPSA) is 65.1 Å². The first kappa shape index (κ1) is 15.2. The number of amides is 1. The number of aromatic amines is 1. The molecule has 1 fully saturated rings. The average Bonchev–Trinajstić information content (AvgIpc) is 3.09. The second-order valence-corrected chi connectivity index (χ2v) is 6.57. The Morgan fingerprint density at radius 3 is 2.86 bits per heavy atom. The summed E-state index contributed by atoms with van der Waals surface area (Å²) in [6.07, 6.45) is 0. The third kappa shape index (κ3) is 3.05. The second-order valence-electron chi connectivity index (χ2n) is 5.85. The molecule has 0 bridgehead atoms. The molecule has 0 aromatic carbocycles. The first-order valence-corrected chi connectivity index (χ1v) is 8.42. The van der Waals surface area contributed by atoms with E-state index in [1.807, 2.05) is 17.2 Å². The molecule has 1 saturated heterocycles. The van der Waals surface area contributed by atoms with Crippen molar-refractivity contribution >= 4 is 17.2 Å². The number of carbonyl (C=O) groups excluding carboxylic acids is 1. The lowest BCUT2D eigenvalue weighted by atomic mass is 10.1. The van der Waals surface area contributed by atoms with Crippen molar-refractivity contribution in [3.05, 3.63) is 33.8 Å². The van der Waals surface area contributed by atoms with E-state index in [0.29, 0.717) is 5.69 Å². The fourth-order valence-electron chi connectivity index (χ4n) is 2.97. The molecule has 2 aromatic rings. The zero-order valence-electron chi connectivity index (χ0n) is 13.2. The first-order chi connectivity index (χ1) is 10.5. The minimum atomic E-state index is 0.0418. The van der Waals surface area contributed by atoms with Crippen LogP contribution < -0.4 is 0 Å². The fraction of sp³-hybridized carbons (Fsp3) is 0.533. The zero-order chi connectivity index (χ0) is 15.7. The lowest BCUT2D eigenvalue weighted by Gasteiger charge is -2.39. The Balaban J connectivity index is 1.62. The van der Waals surface area contributed by atoms with Crippen LogP contribution in [0.2, 0.25) is 0 Å². The van der Waals surface area contributed by atoms with Gasteiger partial charge in [0.1, 0.15) is 11.5 Å². The van der Waals surface area contributed by atoms with E-state index < -0.39 is 0 Å². The van der Waals surface area contributed by atoms with Gasteiger partial charge < -0.3 is 9.88 Å². The molecule has 3 heterocycles. The van der Waals surface area contributed by atoms with Crippen LogP contribution >= 0.6 is 11.3 Å². The summed E-state index contributed by atoms with van der Waals surface area (Å²) in [5.41, 5.74) is 4.50. The predicted molar refractivity (Wildman–Crippen MR) is 86.0 cm³/mol. The minimum Gasteiger partial charge on any atom is -0.346 e. The number of nitrogens with one attached hydrogen (secondary N) is 1. The van der Waals surface area contributed by atoms with E-state index in [9.17, 15) is 4.79 Å². The molecule has 6 nitrogen and oxygen atoms in total. The van der Waals surface area contributed by atoms with Gasteiger partial charge in [-0.3, -0.25) is 9.69 Å². The number of carbonyl (C=O) groups is 1. The highest BCUT2D eigenvalue weighted by Gasteiger charge is 2.29. The number of thiazole rings is 1. The third-order valence-corrected chi connectivity index (χ3v) is 4.69. The minimum absolute atomic E-state index is 0.0418. The highest BCUT2D eigenvalue weighted by Crippen LogP contribution is 2.17. The van der Waals surface area contributed by atoms with Gasteiger partial charge in [0, 0.05) is 43.3 Å². The lowest BCUT2D eigenvalue weighted by Crippen LogP contribution is -2.53. The first-order valence-electron chi connectivity index (χ1n) is 7.48. The summed E-state index contributed by atoms with van der Waals surface area (Å²) in [5.74, 6) is 0.998.